The highest BCUT2D eigenvalue weighted by Crippen LogP contribution is 2.28. The zero-order chi connectivity index (χ0) is 31.0. The van der Waals surface area contributed by atoms with Crippen LogP contribution in [0.4, 0.5) is 10.1 Å². The van der Waals surface area contributed by atoms with Gasteiger partial charge in [0, 0.05) is 31.6 Å². The number of amides is 2. The van der Waals surface area contributed by atoms with Crippen LogP contribution in [-0.4, -0.2) is 51.9 Å². The molecule has 0 unspecified atom stereocenters. The number of aryl methyl sites for hydroxylation is 1. The molecule has 0 fully saturated rings. The first-order valence-corrected chi connectivity index (χ1v) is 15.1. The molecular formula is C33H34FN3O5S. The standard InChI is InChI=1S/C33H34FN3O5S/c1-24-16-18-29(19-17-24)43(40,41)37(27-13-9-14-28(21-27)42-3)23-32(38)36(22-26-12-7-8-15-30(26)34)31(33(39)35-2)20-25-10-5-4-6-11-25/h4-19,21,31H,20,22-23H2,1-3H3,(H,35,39)/t31-/m0/s1. The number of ether oxygens (including phenoxy) is 1. The quantitative estimate of drug-likeness (QED) is 0.253. The summed E-state index contributed by atoms with van der Waals surface area (Å²) >= 11 is 0. The lowest BCUT2D eigenvalue weighted by Crippen LogP contribution is -2.53. The van der Waals surface area contributed by atoms with Gasteiger partial charge in [-0.3, -0.25) is 13.9 Å². The number of carbonyl (C=O) groups excluding carboxylic acids is 2. The van der Waals surface area contributed by atoms with Crippen LogP contribution in [0.5, 0.6) is 5.75 Å². The number of halogens is 1. The maximum Gasteiger partial charge on any atom is 0.264 e. The van der Waals surface area contributed by atoms with E-state index in [1.165, 1.54) is 55.5 Å². The Labute approximate surface area is 251 Å². The summed E-state index contributed by atoms with van der Waals surface area (Å²) < 4.78 is 49.3. The topological polar surface area (TPSA) is 96.0 Å². The van der Waals surface area contributed by atoms with Crippen molar-refractivity contribution in [3.8, 4) is 5.75 Å². The third-order valence-corrected chi connectivity index (χ3v) is 8.83. The van der Waals surface area contributed by atoms with Gasteiger partial charge in [-0.15, -0.1) is 0 Å². The third kappa shape index (κ3) is 7.58. The number of nitrogens with zero attached hydrogens (tertiary/aromatic N) is 2. The second-order valence-electron chi connectivity index (χ2n) is 9.96. The number of benzene rings is 4. The first-order chi connectivity index (χ1) is 20.6. The molecule has 4 rings (SSSR count). The lowest BCUT2D eigenvalue weighted by atomic mass is 10.0. The Balaban J connectivity index is 1.81. The smallest absolute Gasteiger partial charge is 0.264 e. The van der Waals surface area contributed by atoms with E-state index < -0.39 is 40.2 Å². The fraction of sp³-hybridized carbons (Fsp3) is 0.212. The van der Waals surface area contributed by atoms with E-state index in [-0.39, 0.29) is 29.1 Å². The number of carbonyl (C=O) groups is 2. The van der Waals surface area contributed by atoms with Crippen LogP contribution in [0.1, 0.15) is 16.7 Å². The van der Waals surface area contributed by atoms with E-state index in [1.807, 2.05) is 37.3 Å². The molecule has 0 bridgehead atoms. The van der Waals surface area contributed by atoms with Crippen molar-refractivity contribution < 1.29 is 27.1 Å². The lowest BCUT2D eigenvalue weighted by molar-refractivity contribution is -0.139. The molecule has 1 N–H and O–H groups in total. The Hall–Kier alpha value is -4.70. The molecule has 1 atom stereocenters. The van der Waals surface area contributed by atoms with E-state index in [9.17, 15) is 22.4 Å². The second kappa shape index (κ2) is 14.0. The minimum Gasteiger partial charge on any atom is -0.497 e. The van der Waals surface area contributed by atoms with Gasteiger partial charge in [-0.1, -0.05) is 72.3 Å². The van der Waals surface area contributed by atoms with Gasteiger partial charge < -0.3 is 15.0 Å². The van der Waals surface area contributed by atoms with Crippen LogP contribution in [0.3, 0.4) is 0 Å². The van der Waals surface area contributed by atoms with Crippen LogP contribution in [0.25, 0.3) is 0 Å². The van der Waals surface area contributed by atoms with Crippen molar-refractivity contribution in [1.82, 2.24) is 10.2 Å². The molecule has 0 aliphatic heterocycles. The molecule has 0 saturated carbocycles. The van der Waals surface area contributed by atoms with Crippen LogP contribution in [0, 0.1) is 12.7 Å². The number of anilines is 1. The largest absolute Gasteiger partial charge is 0.497 e. The highest BCUT2D eigenvalue weighted by Gasteiger charge is 2.34. The summed E-state index contributed by atoms with van der Waals surface area (Å²) in [5.74, 6) is -1.31. The van der Waals surface area contributed by atoms with Crippen LogP contribution < -0.4 is 14.4 Å². The molecule has 10 heteroatoms. The maximum atomic E-state index is 14.9. The van der Waals surface area contributed by atoms with Gasteiger partial charge in [0.05, 0.1) is 17.7 Å². The number of nitrogens with one attached hydrogen (secondary N) is 1. The molecule has 224 valence electrons. The molecule has 0 saturated heterocycles. The predicted molar refractivity (Wildman–Crippen MR) is 164 cm³/mol. The third-order valence-electron chi connectivity index (χ3n) is 7.05. The average Bonchev–Trinajstić information content (AvgIpc) is 3.02. The van der Waals surface area contributed by atoms with Crippen molar-refractivity contribution in [3.05, 3.63) is 126 Å². The Morgan fingerprint density at radius 2 is 1.58 bits per heavy atom. The van der Waals surface area contributed by atoms with Gasteiger partial charge in [-0.25, -0.2) is 12.8 Å². The van der Waals surface area contributed by atoms with E-state index in [2.05, 4.69) is 5.32 Å². The van der Waals surface area contributed by atoms with Gasteiger partial charge in [0.1, 0.15) is 24.2 Å². The summed E-state index contributed by atoms with van der Waals surface area (Å²) in [5, 5.41) is 2.61. The number of rotatable bonds is 12. The monoisotopic (exact) mass is 603 g/mol. The van der Waals surface area contributed by atoms with Crippen molar-refractivity contribution >= 4 is 27.5 Å². The molecule has 0 aliphatic carbocycles. The van der Waals surface area contributed by atoms with Gasteiger partial charge in [0.2, 0.25) is 11.8 Å². The lowest BCUT2D eigenvalue weighted by Gasteiger charge is -2.33. The molecule has 0 radical (unpaired) electrons. The molecule has 4 aromatic rings. The van der Waals surface area contributed by atoms with Crippen LogP contribution in [-0.2, 0) is 32.6 Å². The van der Waals surface area contributed by atoms with Gasteiger partial charge in [0.25, 0.3) is 10.0 Å². The Bertz CT molecular complexity index is 1660. The Morgan fingerprint density at radius 1 is 0.907 bits per heavy atom. The van der Waals surface area contributed by atoms with Gasteiger partial charge in [0.15, 0.2) is 0 Å². The summed E-state index contributed by atoms with van der Waals surface area (Å²) in [5.41, 5.74) is 2.03. The van der Waals surface area contributed by atoms with Gasteiger partial charge in [-0.05, 0) is 42.8 Å². The fourth-order valence-electron chi connectivity index (χ4n) is 4.66. The molecule has 43 heavy (non-hydrogen) atoms. The van der Waals surface area contributed by atoms with E-state index in [0.29, 0.717) is 5.75 Å². The van der Waals surface area contributed by atoms with Crippen molar-refractivity contribution in [1.29, 1.82) is 0 Å². The number of hydrogen-bond acceptors (Lipinski definition) is 5. The normalized spacial score (nSPS) is 11.8. The van der Waals surface area contributed by atoms with Crippen molar-refractivity contribution in [2.45, 2.75) is 30.8 Å². The zero-order valence-corrected chi connectivity index (χ0v) is 25.1. The van der Waals surface area contributed by atoms with Crippen LogP contribution >= 0.6 is 0 Å². The molecule has 8 nitrogen and oxygen atoms in total. The van der Waals surface area contributed by atoms with E-state index in [4.69, 9.17) is 4.74 Å². The SMILES string of the molecule is CNC(=O)[C@H](Cc1ccccc1)N(Cc1ccccc1F)C(=O)CN(c1cccc(OC)c1)S(=O)(=O)c1ccc(C)cc1. The number of hydrogen-bond donors (Lipinski definition) is 1. The molecule has 4 aromatic carbocycles. The first kappa shape index (κ1) is 31.2. The van der Waals surface area contributed by atoms with E-state index in [0.717, 1.165) is 15.4 Å². The molecular weight excluding hydrogens is 569 g/mol. The fourth-order valence-corrected chi connectivity index (χ4v) is 6.07. The minimum absolute atomic E-state index is 0.0125. The highest BCUT2D eigenvalue weighted by molar-refractivity contribution is 7.92. The summed E-state index contributed by atoms with van der Waals surface area (Å²) in [6.45, 7) is 0.930. The first-order valence-electron chi connectivity index (χ1n) is 13.7. The van der Waals surface area contributed by atoms with Gasteiger partial charge >= 0.3 is 0 Å². The highest BCUT2D eigenvalue weighted by atomic mass is 32.2. The Morgan fingerprint density at radius 3 is 2.23 bits per heavy atom. The summed E-state index contributed by atoms with van der Waals surface area (Å²) in [7, 11) is -1.35. The van der Waals surface area contributed by atoms with Crippen molar-refractivity contribution in [2.75, 3.05) is 25.0 Å². The molecule has 0 aliphatic rings. The minimum atomic E-state index is -4.26. The summed E-state index contributed by atoms with van der Waals surface area (Å²) in [6, 6.07) is 26.7. The molecule has 0 aromatic heterocycles. The second-order valence-corrected chi connectivity index (χ2v) is 11.8. The van der Waals surface area contributed by atoms with E-state index >= 15 is 0 Å². The molecule has 0 spiro atoms. The maximum absolute atomic E-state index is 14.9. The number of methoxy groups -OCH3 is 1. The van der Waals surface area contributed by atoms with Crippen LogP contribution in [0.15, 0.2) is 108 Å². The predicted octanol–water partition coefficient (Wildman–Crippen LogP) is 4.72. The zero-order valence-electron chi connectivity index (χ0n) is 24.2. The summed E-state index contributed by atoms with van der Waals surface area (Å²) in [4.78, 5) is 28.8. The van der Waals surface area contributed by atoms with Crippen LogP contribution in [0.2, 0.25) is 0 Å². The van der Waals surface area contributed by atoms with E-state index in [1.54, 1.807) is 36.4 Å². The Kier molecular flexibility index (Phi) is 10.2. The van der Waals surface area contributed by atoms with Crippen molar-refractivity contribution in [2.24, 2.45) is 0 Å². The number of sulfonamides is 1. The van der Waals surface area contributed by atoms with Gasteiger partial charge in [-0.2, -0.15) is 0 Å². The summed E-state index contributed by atoms with van der Waals surface area (Å²) in [6.07, 6.45) is 0.130. The van der Waals surface area contributed by atoms with Crippen molar-refractivity contribution in [3.63, 3.8) is 0 Å². The molecule has 0 heterocycles. The molecule has 2 amide bonds. The number of likely N-dealkylation sites (N-methyl/N-ethyl adjacent to an activating group) is 1. The average molecular weight is 604 g/mol.